The minimum atomic E-state index is 0.382. The molecule has 0 spiro atoms. The number of hydrogen-bond acceptors (Lipinski definition) is 5. The zero-order valence-corrected chi connectivity index (χ0v) is 9.73. The van der Waals surface area contributed by atoms with Crippen LogP contribution in [-0.4, -0.2) is 22.8 Å². The highest BCUT2D eigenvalue weighted by atomic mass is 32.2. The smallest absolute Gasteiger partial charge is 0.222 e. The lowest BCUT2D eigenvalue weighted by Gasteiger charge is -2.11. The molecule has 0 fully saturated rings. The van der Waals surface area contributed by atoms with Crippen LogP contribution in [0.15, 0.2) is 0 Å². The van der Waals surface area contributed by atoms with E-state index in [-0.39, 0.29) is 0 Å². The highest BCUT2D eigenvalue weighted by Crippen LogP contribution is 2.25. The lowest BCUT2D eigenvalue weighted by Crippen LogP contribution is -2.09. The molecule has 0 unspecified atom stereocenters. The van der Waals surface area contributed by atoms with Gasteiger partial charge in [-0.05, 0) is 25.5 Å². The molecule has 0 bridgehead atoms. The SMILES string of the molecule is CSCc1nc(N)nc2c1CCCCN2. The molecule has 3 N–H and O–H groups in total. The zero-order valence-electron chi connectivity index (χ0n) is 8.92. The van der Waals surface area contributed by atoms with E-state index >= 15 is 0 Å². The molecule has 15 heavy (non-hydrogen) atoms. The van der Waals surface area contributed by atoms with Gasteiger partial charge in [-0.2, -0.15) is 16.7 Å². The summed E-state index contributed by atoms with van der Waals surface area (Å²) in [4.78, 5) is 8.59. The Morgan fingerprint density at radius 3 is 3.07 bits per heavy atom. The van der Waals surface area contributed by atoms with Crippen molar-refractivity contribution >= 4 is 23.5 Å². The number of nitrogens with zero attached hydrogens (tertiary/aromatic N) is 2. The van der Waals surface area contributed by atoms with Crippen LogP contribution in [0.4, 0.5) is 11.8 Å². The van der Waals surface area contributed by atoms with Gasteiger partial charge in [0.05, 0.1) is 5.69 Å². The van der Waals surface area contributed by atoms with E-state index in [0.29, 0.717) is 5.95 Å². The molecule has 82 valence electrons. The van der Waals surface area contributed by atoms with Gasteiger partial charge in [0.2, 0.25) is 5.95 Å². The molecule has 1 aromatic rings. The van der Waals surface area contributed by atoms with Crippen LogP contribution in [0.25, 0.3) is 0 Å². The molecule has 1 aliphatic heterocycles. The molecule has 5 heteroatoms. The minimum Gasteiger partial charge on any atom is -0.370 e. The molecule has 1 aliphatic rings. The van der Waals surface area contributed by atoms with Crippen LogP contribution in [0.1, 0.15) is 24.1 Å². The van der Waals surface area contributed by atoms with E-state index in [2.05, 4.69) is 21.5 Å². The van der Waals surface area contributed by atoms with Crippen molar-refractivity contribution in [1.82, 2.24) is 9.97 Å². The summed E-state index contributed by atoms with van der Waals surface area (Å²) in [6.45, 7) is 0.988. The van der Waals surface area contributed by atoms with Crippen molar-refractivity contribution in [1.29, 1.82) is 0 Å². The molecule has 0 amide bonds. The van der Waals surface area contributed by atoms with Gasteiger partial charge in [0.15, 0.2) is 0 Å². The fourth-order valence-electron chi connectivity index (χ4n) is 1.85. The summed E-state index contributed by atoms with van der Waals surface area (Å²) in [6, 6.07) is 0. The fraction of sp³-hybridized carbons (Fsp3) is 0.600. The second-order valence-electron chi connectivity index (χ2n) is 3.67. The van der Waals surface area contributed by atoms with Crippen LogP contribution in [-0.2, 0) is 12.2 Å². The number of nitrogen functional groups attached to an aromatic ring is 1. The third-order valence-corrected chi connectivity index (χ3v) is 3.10. The maximum atomic E-state index is 5.69. The van der Waals surface area contributed by atoms with Crippen molar-refractivity contribution in [2.24, 2.45) is 0 Å². The molecule has 0 saturated carbocycles. The second-order valence-corrected chi connectivity index (χ2v) is 4.54. The Hall–Kier alpha value is -0.970. The van der Waals surface area contributed by atoms with E-state index < -0.39 is 0 Å². The summed E-state index contributed by atoms with van der Waals surface area (Å²) in [6.07, 6.45) is 5.54. The van der Waals surface area contributed by atoms with Crippen LogP contribution >= 0.6 is 11.8 Å². The van der Waals surface area contributed by atoms with E-state index in [0.717, 1.165) is 30.2 Å². The van der Waals surface area contributed by atoms with Crippen LogP contribution in [0, 0.1) is 0 Å². The lowest BCUT2D eigenvalue weighted by molar-refractivity contribution is 0.780. The topological polar surface area (TPSA) is 63.8 Å². The van der Waals surface area contributed by atoms with Gasteiger partial charge in [0.1, 0.15) is 5.82 Å². The zero-order chi connectivity index (χ0) is 10.7. The van der Waals surface area contributed by atoms with Crippen molar-refractivity contribution in [2.45, 2.75) is 25.0 Å². The van der Waals surface area contributed by atoms with Crippen molar-refractivity contribution in [3.05, 3.63) is 11.3 Å². The molecule has 0 aromatic carbocycles. The normalized spacial score (nSPS) is 15.3. The monoisotopic (exact) mass is 224 g/mol. The van der Waals surface area contributed by atoms with Crippen LogP contribution in [0.2, 0.25) is 0 Å². The van der Waals surface area contributed by atoms with Gasteiger partial charge < -0.3 is 11.1 Å². The van der Waals surface area contributed by atoms with E-state index in [1.165, 1.54) is 18.4 Å². The highest BCUT2D eigenvalue weighted by molar-refractivity contribution is 7.97. The number of anilines is 2. The van der Waals surface area contributed by atoms with E-state index in [1.54, 1.807) is 11.8 Å². The summed E-state index contributed by atoms with van der Waals surface area (Å²) < 4.78 is 0. The number of rotatable bonds is 2. The first kappa shape index (κ1) is 10.5. The number of nitrogens with two attached hydrogens (primary N) is 1. The minimum absolute atomic E-state index is 0.382. The third-order valence-electron chi connectivity index (χ3n) is 2.54. The maximum Gasteiger partial charge on any atom is 0.222 e. The average Bonchev–Trinajstić information content (AvgIpc) is 2.43. The summed E-state index contributed by atoms with van der Waals surface area (Å²) >= 11 is 1.77. The molecule has 2 heterocycles. The number of thioether (sulfide) groups is 1. The molecular formula is C10H16N4S. The molecule has 0 radical (unpaired) electrons. The summed E-state index contributed by atoms with van der Waals surface area (Å²) in [7, 11) is 0. The summed E-state index contributed by atoms with van der Waals surface area (Å²) in [5, 5.41) is 3.32. The van der Waals surface area contributed by atoms with Gasteiger partial charge in [-0.1, -0.05) is 0 Å². The maximum absolute atomic E-state index is 5.69. The Balaban J connectivity index is 2.40. The first-order chi connectivity index (χ1) is 7.31. The Morgan fingerprint density at radius 2 is 2.27 bits per heavy atom. The largest absolute Gasteiger partial charge is 0.370 e. The van der Waals surface area contributed by atoms with Crippen molar-refractivity contribution < 1.29 is 0 Å². The molecule has 0 atom stereocenters. The molecule has 2 rings (SSSR count). The van der Waals surface area contributed by atoms with Gasteiger partial charge in [-0.3, -0.25) is 0 Å². The third kappa shape index (κ3) is 2.34. The highest BCUT2D eigenvalue weighted by Gasteiger charge is 2.14. The Bertz CT molecular complexity index is 354. The van der Waals surface area contributed by atoms with Crippen LogP contribution < -0.4 is 11.1 Å². The second kappa shape index (κ2) is 4.70. The lowest BCUT2D eigenvalue weighted by atomic mass is 10.1. The van der Waals surface area contributed by atoms with Crippen LogP contribution in [0.5, 0.6) is 0 Å². The molecular weight excluding hydrogens is 208 g/mol. The van der Waals surface area contributed by atoms with E-state index in [4.69, 9.17) is 5.73 Å². The number of aromatic nitrogens is 2. The number of fused-ring (bicyclic) bond motifs is 1. The Labute approximate surface area is 94.1 Å². The standard InChI is InChI=1S/C10H16N4S/c1-15-6-8-7-4-2-3-5-12-9(7)14-10(11)13-8/h2-6H2,1H3,(H3,11,12,13,14). The van der Waals surface area contributed by atoms with Gasteiger partial charge in [0, 0.05) is 17.9 Å². The van der Waals surface area contributed by atoms with Gasteiger partial charge in [-0.25, -0.2) is 4.98 Å². The van der Waals surface area contributed by atoms with E-state index in [9.17, 15) is 0 Å². The van der Waals surface area contributed by atoms with E-state index in [1.807, 2.05) is 0 Å². The Kier molecular flexibility index (Phi) is 3.30. The van der Waals surface area contributed by atoms with Crippen molar-refractivity contribution in [3.63, 3.8) is 0 Å². The molecule has 0 aliphatic carbocycles. The average molecular weight is 224 g/mol. The van der Waals surface area contributed by atoms with Gasteiger partial charge in [-0.15, -0.1) is 0 Å². The van der Waals surface area contributed by atoms with Crippen LogP contribution in [0.3, 0.4) is 0 Å². The molecule has 4 nitrogen and oxygen atoms in total. The predicted molar refractivity (Wildman–Crippen MR) is 65.1 cm³/mol. The first-order valence-corrected chi connectivity index (χ1v) is 6.58. The summed E-state index contributed by atoms with van der Waals surface area (Å²) in [5.41, 5.74) is 8.05. The quantitative estimate of drug-likeness (QED) is 0.800. The Morgan fingerprint density at radius 1 is 1.40 bits per heavy atom. The number of hydrogen-bond donors (Lipinski definition) is 2. The van der Waals surface area contributed by atoms with Crippen molar-refractivity contribution in [2.75, 3.05) is 23.9 Å². The number of nitrogens with one attached hydrogen (secondary N) is 1. The van der Waals surface area contributed by atoms with Gasteiger partial charge >= 0.3 is 0 Å². The fourth-order valence-corrected chi connectivity index (χ4v) is 2.36. The summed E-state index contributed by atoms with van der Waals surface area (Å²) in [5.74, 6) is 2.24. The van der Waals surface area contributed by atoms with Crippen molar-refractivity contribution in [3.8, 4) is 0 Å². The predicted octanol–water partition coefficient (Wildman–Crippen LogP) is 1.67. The van der Waals surface area contributed by atoms with Gasteiger partial charge in [0.25, 0.3) is 0 Å². The molecule has 0 saturated heterocycles. The first-order valence-electron chi connectivity index (χ1n) is 5.19. The molecule has 1 aromatic heterocycles.